The molecule has 2 amide bonds. The van der Waals surface area contributed by atoms with Crippen LogP contribution < -0.4 is 10.2 Å². The lowest BCUT2D eigenvalue weighted by molar-refractivity contribution is -0.124. The fourth-order valence-corrected chi connectivity index (χ4v) is 3.82. The predicted molar refractivity (Wildman–Crippen MR) is 112 cm³/mol. The second-order valence-electron chi connectivity index (χ2n) is 7.34. The molecule has 0 saturated heterocycles. The number of amides is 2. The summed E-state index contributed by atoms with van der Waals surface area (Å²) in [4.78, 5) is 32.1. The van der Waals surface area contributed by atoms with Crippen LogP contribution in [0.2, 0.25) is 0 Å². The van der Waals surface area contributed by atoms with Gasteiger partial charge in [0.1, 0.15) is 6.04 Å². The minimum absolute atomic E-state index is 0.0446. The maximum atomic E-state index is 13.1. The molecule has 29 heavy (non-hydrogen) atoms. The third kappa shape index (κ3) is 3.49. The number of benzene rings is 2. The van der Waals surface area contributed by atoms with Gasteiger partial charge in [-0.1, -0.05) is 29.8 Å². The Morgan fingerprint density at radius 3 is 2.76 bits per heavy atom. The number of hydrogen-bond acceptors (Lipinski definition) is 4. The lowest BCUT2D eigenvalue weighted by atomic mass is 10.1. The maximum Gasteiger partial charge on any atom is 0.253 e. The molecule has 0 radical (unpaired) electrons. The number of imidazole rings is 1. The molecule has 0 spiro atoms. The highest BCUT2D eigenvalue weighted by Crippen LogP contribution is 2.36. The van der Waals surface area contributed by atoms with Crippen molar-refractivity contribution < 1.29 is 14.3 Å². The van der Waals surface area contributed by atoms with Crippen LogP contribution in [0.5, 0.6) is 0 Å². The molecule has 7 heteroatoms. The van der Waals surface area contributed by atoms with Crippen LogP contribution in [0.1, 0.15) is 23.6 Å². The Labute approximate surface area is 169 Å². The summed E-state index contributed by atoms with van der Waals surface area (Å²) in [6.07, 6.45) is 0.0446. The number of methoxy groups -OCH3 is 1. The van der Waals surface area contributed by atoms with Crippen molar-refractivity contribution in [2.45, 2.75) is 26.3 Å². The van der Waals surface area contributed by atoms with E-state index >= 15 is 0 Å². The van der Waals surface area contributed by atoms with Crippen LogP contribution in [0, 0.1) is 13.8 Å². The second-order valence-corrected chi connectivity index (χ2v) is 7.34. The second kappa shape index (κ2) is 7.67. The van der Waals surface area contributed by atoms with Gasteiger partial charge >= 0.3 is 0 Å². The standard InChI is InChI=1S/C22H24N4O3/c1-14-8-9-16(15(2)12-14)23-20(27)13-19-21(28)25(10-11-29-3)22-24-17-6-4-5-7-18(17)26(19)22/h4-9,12,19H,10-11,13H2,1-3H3,(H,23,27)/t19-/m0/s1. The molecule has 0 aliphatic carbocycles. The number of carbonyl (C=O) groups excluding carboxylic acids is 2. The molecule has 0 fully saturated rings. The molecule has 1 aliphatic rings. The number of fused-ring (bicyclic) bond motifs is 3. The summed E-state index contributed by atoms with van der Waals surface area (Å²) in [5.41, 5.74) is 4.54. The Balaban J connectivity index is 1.63. The van der Waals surface area contributed by atoms with Gasteiger partial charge in [-0.2, -0.15) is 0 Å². The summed E-state index contributed by atoms with van der Waals surface area (Å²) in [5.74, 6) is 0.233. The molecule has 7 nitrogen and oxygen atoms in total. The van der Waals surface area contributed by atoms with Gasteiger partial charge in [-0.25, -0.2) is 4.98 Å². The van der Waals surface area contributed by atoms with Gasteiger partial charge in [0.15, 0.2) is 0 Å². The Hall–Kier alpha value is -3.19. The monoisotopic (exact) mass is 392 g/mol. The van der Waals surface area contributed by atoms with E-state index in [1.165, 1.54) is 0 Å². The van der Waals surface area contributed by atoms with Crippen molar-refractivity contribution in [1.29, 1.82) is 0 Å². The fraction of sp³-hybridized carbons (Fsp3) is 0.318. The van der Waals surface area contributed by atoms with Gasteiger partial charge in [0.2, 0.25) is 11.9 Å². The van der Waals surface area contributed by atoms with E-state index in [0.29, 0.717) is 19.1 Å². The van der Waals surface area contributed by atoms with Crippen molar-refractivity contribution >= 4 is 34.5 Å². The zero-order valence-corrected chi connectivity index (χ0v) is 16.8. The lowest BCUT2D eigenvalue weighted by Crippen LogP contribution is -2.33. The highest BCUT2D eigenvalue weighted by atomic mass is 16.5. The molecule has 2 aromatic carbocycles. The van der Waals surface area contributed by atoms with Gasteiger partial charge in [-0.3, -0.25) is 19.1 Å². The molecule has 0 saturated carbocycles. The molecule has 1 aliphatic heterocycles. The Kier molecular flexibility index (Phi) is 5.07. The van der Waals surface area contributed by atoms with Crippen LogP contribution in [0.4, 0.5) is 11.6 Å². The zero-order valence-electron chi connectivity index (χ0n) is 16.8. The molecule has 1 N–H and O–H groups in total. The topological polar surface area (TPSA) is 76.5 Å². The van der Waals surface area contributed by atoms with Crippen molar-refractivity contribution in [2.24, 2.45) is 0 Å². The molecule has 2 heterocycles. The molecule has 1 aromatic heterocycles. The summed E-state index contributed by atoms with van der Waals surface area (Å²) >= 11 is 0. The van der Waals surface area contributed by atoms with Crippen molar-refractivity contribution in [2.75, 3.05) is 30.5 Å². The number of anilines is 2. The Bertz CT molecular complexity index is 1090. The molecule has 3 aromatic rings. The lowest BCUT2D eigenvalue weighted by Gasteiger charge is -2.16. The number of hydrogen-bond donors (Lipinski definition) is 1. The van der Waals surface area contributed by atoms with Crippen LogP contribution >= 0.6 is 0 Å². The van der Waals surface area contributed by atoms with Crippen molar-refractivity contribution in [3.63, 3.8) is 0 Å². The molecule has 4 rings (SSSR count). The first-order chi connectivity index (χ1) is 14.0. The third-order valence-corrected chi connectivity index (χ3v) is 5.24. The smallest absolute Gasteiger partial charge is 0.253 e. The Morgan fingerprint density at radius 1 is 1.21 bits per heavy atom. The van der Waals surface area contributed by atoms with Gasteiger partial charge < -0.3 is 10.1 Å². The number of ether oxygens (including phenoxy) is 1. The van der Waals surface area contributed by atoms with E-state index in [4.69, 9.17) is 4.74 Å². The highest BCUT2D eigenvalue weighted by molar-refractivity contribution is 6.05. The number of carbonyl (C=O) groups is 2. The van der Waals surface area contributed by atoms with Gasteiger partial charge in [0.05, 0.1) is 30.6 Å². The van der Waals surface area contributed by atoms with E-state index in [1.54, 1.807) is 12.0 Å². The summed E-state index contributed by atoms with van der Waals surface area (Å²) < 4.78 is 7.02. The van der Waals surface area contributed by atoms with Gasteiger partial charge in [0.25, 0.3) is 5.91 Å². The number of nitrogens with one attached hydrogen (secondary N) is 1. The van der Waals surface area contributed by atoms with E-state index in [-0.39, 0.29) is 18.2 Å². The van der Waals surface area contributed by atoms with Gasteiger partial charge in [-0.15, -0.1) is 0 Å². The average Bonchev–Trinajstić information content (AvgIpc) is 3.18. The third-order valence-electron chi connectivity index (χ3n) is 5.24. The first-order valence-electron chi connectivity index (χ1n) is 9.64. The SMILES string of the molecule is COCCN1C(=O)[C@H](CC(=O)Nc2ccc(C)cc2C)n2c1nc1ccccc12. The summed E-state index contributed by atoms with van der Waals surface area (Å²) in [6.45, 7) is 4.76. The first-order valence-corrected chi connectivity index (χ1v) is 9.64. The number of aryl methyl sites for hydroxylation is 2. The van der Waals surface area contributed by atoms with E-state index in [1.807, 2.05) is 60.9 Å². The predicted octanol–water partition coefficient (Wildman–Crippen LogP) is 3.22. The van der Waals surface area contributed by atoms with E-state index in [2.05, 4.69) is 10.3 Å². The van der Waals surface area contributed by atoms with E-state index in [9.17, 15) is 9.59 Å². The van der Waals surface area contributed by atoms with Gasteiger partial charge in [-0.05, 0) is 37.6 Å². The quantitative estimate of drug-likeness (QED) is 0.699. The summed E-state index contributed by atoms with van der Waals surface area (Å²) in [5, 5.41) is 2.95. The van der Waals surface area contributed by atoms with Crippen molar-refractivity contribution in [1.82, 2.24) is 9.55 Å². The van der Waals surface area contributed by atoms with Crippen LogP contribution in [-0.2, 0) is 14.3 Å². The minimum atomic E-state index is -0.625. The van der Waals surface area contributed by atoms with E-state index in [0.717, 1.165) is 27.8 Å². The molecule has 0 unspecified atom stereocenters. The first kappa shape index (κ1) is 19.1. The fourth-order valence-electron chi connectivity index (χ4n) is 3.82. The van der Waals surface area contributed by atoms with Crippen molar-refractivity contribution in [3.05, 3.63) is 53.6 Å². The molecule has 0 bridgehead atoms. The molecule has 150 valence electrons. The average molecular weight is 392 g/mol. The van der Waals surface area contributed by atoms with Crippen molar-refractivity contribution in [3.8, 4) is 0 Å². The normalized spacial score (nSPS) is 15.8. The number of para-hydroxylation sites is 2. The maximum absolute atomic E-state index is 13.1. The van der Waals surface area contributed by atoms with Gasteiger partial charge in [0, 0.05) is 12.8 Å². The zero-order chi connectivity index (χ0) is 20.5. The van der Waals surface area contributed by atoms with Crippen LogP contribution in [0.3, 0.4) is 0 Å². The number of aromatic nitrogens is 2. The van der Waals surface area contributed by atoms with Crippen LogP contribution in [0.15, 0.2) is 42.5 Å². The van der Waals surface area contributed by atoms with E-state index < -0.39 is 6.04 Å². The summed E-state index contributed by atoms with van der Waals surface area (Å²) in [6, 6.07) is 12.9. The number of nitrogens with zero attached hydrogens (tertiary/aromatic N) is 3. The largest absolute Gasteiger partial charge is 0.383 e. The molecular formula is C22H24N4O3. The van der Waals surface area contributed by atoms with Crippen LogP contribution in [0.25, 0.3) is 11.0 Å². The number of rotatable bonds is 6. The van der Waals surface area contributed by atoms with Crippen LogP contribution in [-0.4, -0.2) is 41.6 Å². The highest BCUT2D eigenvalue weighted by Gasteiger charge is 2.40. The summed E-state index contributed by atoms with van der Waals surface area (Å²) in [7, 11) is 1.60. The molecular weight excluding hydrogens is 368 g/mol. The molecule has 1 atom stereocenters. The Morgan fingerprint density at radius 2 is 2.00 bits per heavy atom. The minimum Gasteiger partial charge on any atom is -0.383 e.